The molecule has 0 saturated heterocycles. The Morgan fingerprint density at radius 3 is 2.65 bits per heavy atom. The van der Waals surface area contributed by atoms with Gasteiger partial charge in [-0.15, -0.1) is 4.80 Å². The van der Waals surface area contributed by atoms with Crippen LogP contribution >= 0.6 is 11.6 Å². The van der Waals surface area contributed by atoms with Crippen LogP contribution in [0.3, 0.4) is 0 Å². The summed E-state index contributed by atoms with van der Waals surface area (Å²) in [7, 11) is 0. The number of aromatic nitrogens is 7. The molecule has 4 aromatic rings. The van der Waals surface area contributed by atoms with E-state index in [4.69, 9.17) is 18.2 Å². The first-order valence-corrected chi connectivity index (χ1v) is 9.94. The maximum Gasteiger partial charge on any atom is 0.401 e. The standard InChI is InChI=1S/C19H12ClF3N10O/c1-18(19(21,22)23)9-31(12-8-25-14-6-13(20)30-32(14)15(12)18)17(34)29-10-5-11(24-2)16(26-7-10)33-27-3-4-28-33/h3-8H,9H2,1H3,(H,29,34)/t18-/m1/s1. The number of amides is 2. The van der Waals surface area contributed by atoms with Crippen LogP contribution in [0.1, 0.15) is 12.6 Å². The molecule has 172 valence electrons. The molecule has 15 heteroatoms. The predicted molar refractivity (Wildman–Crippen MR) is 113 cm³/mol. The topological polar surface area (TPSA) is 110 Å². The number of nitrogens with zero attached hydrogens (tertiary/aromatic N) is 9. The quantitative estimate of drug-likeness (QED) is 0.430. The second kappa shape index (κ2) is 7.39. The first-order valence-electron chi connectivity index (χ1n) is 9.56. The highest BCUT2D eigenvalue weighted by Gasteiger charge is 2.60. The SMILES string of the molecule is [C-]#[N+]c1cc(NC(=O)N2C[C@@](C)(C(F)(F)F)c3c2cnc2cc(Cl)nn32)cnc1-n1nccn1. The highest BCUT2D eigenvalue weighted by Crippen LogP contribution is 2.50. The van der Waals surface area contributed by atoms with Crippen LogP contribution in [-0.2, 0) is 5.41 Å². The molecule has 4 aromatic heterocycles. The summed E-state index contributed by atoms with van der Waals surface area (Å²) in [6, 6.07) is 1.79. The van der Waals surface area contributed by atoms with E-state index in [1.165, 1.54) is 36.9 Å². The number of anilines is 2. The monoisotopic (exact) mass is 488 g/mol. The van der Waals surface area contributed by atoms with Gasteiger partial charge >= 0.3 is 12.2 Å². The van der Waals surface area contributed by atoms with Crippen LogP contribution in [0, 0.1) is 6.57 Å². The molecular formula is C19H12ClF3N10O. The second-order valence-corrected chi connectivity index (χ2v) is 7.96. The van der Waals surface area contributed by atoms with Gasteiger partial charge in [-0.1, -0.05) is 11.6 Å². The molecule has 34 heavy (non-hydrogen) atoms. The molecule has 0 unspecified atom stereocenters. The summed E-state index contributed by atoms with van der Waals surface area (Å²) in [5.41, 5.74) is -2.51. The number of carbonyl (C=O) groups excluding carboxylic acids is 1. The average Bonchev–Trinajstić information content (AvgIpc) is 3.50. The molecule has 0 radical (unpaired) electrons. The van der Waals surface area contributed by atoms with Crippen molar-refractivity contribution in [1.29, 1.82) is 0 Å². The van der Waals surface area contributed by atoms with E-state index in [9.17, 15) is 18.0 Å². The Hall–Kier alpha value is -4.25. The molecule has 0 bridgehead atoms. The highest BCUT2D eigenvalue weighted by molar-refractivity contribution is 6.29. The molecule has 11 nitrogen and oxygen atoms in total. The minimum absolute atomic E-state index is 0.0298. The van der Waals surface area contributed by atoms with E-state index < -0.39 is 24.2 Å². The molecule has 5 heterocycles. The maximum absolute atomic E-state index is 14.2. The van der Waals surface area contributed by atoms with Crippen LogP contribution in [0.15, 0.2) is 36.9 Å². The fourth-order valence-electron chi connectivity index (χ4n) is 3.76. The number of carbonyl (C=O) groups is 1. The van der Waals surface area contributed by atoms with Gasteiger partial charge in [0.15, 0.2) is 16.6 Å². The number of alkyl halides is 3. The van der Waals surface area contributed by atoms with Gasteiger partial charge in [0.05, 0.1) is 48.4 Å². The van der Waals surface area contributed by atoms with Gasteiger partial charge in [0.25, 0.3) is 0 Å². The molecule has 0 saturated carbocycles. The maximum atomic E-state index is 14.2. The Balaban J connectivity index is 1.53. The van der Waals surface area contributed by atoms with Gasteiger partial charge in [-0.2, -0.15) is 28.5 Å². The summed E-state index contributed by atoms with van der Waals surface area (Å²) in [5, 5.41) is 14.2. The first kappa shape index (κ1) is 21.6. The number of halogens is 4. The van der Waals surface area contributed by atoms with E-state index in [-0.39, 0.29) is 39.4 Å². The van der Waals surface area contributed by atoms with Crippen molar-refractivity contribution in [3.8, 4) is 5.82 Å². The molecule has 1 aliphatic rings. The molecule has 1 N–H and O–H groups in total. The smallest absolute Gasteiger partial charge is 0.307 e. The van der Waals surface area contributed by atoms with Crippen molar-refractivity contribution in [2.75, 3.05) is 16.8 Å². The summed E-state index contributed by atoms with van der Waals surface area (Å²) in [6.45, 7) is 7.64. The summed E-state index contributed by atoms with van der Waals surface area (Å²) >= 11 is 5.89. The number of rotatable bonds is 2. The number of hydrogen-bond donors (Lipinski definition) is 1. The fraction of sp³-hybridized carbons (Fsp3) is 0.211. The third-order valence-electron chi connectivity index (χ3n) is 5.42. The summed E-state index contributed by atoms with van der Waals surface area (Å²) in [6.07, 6.45) is 0.534. The van der Waals surface area contributed by atoms with Crippen molar-refractivity contribution < 1.29 is 18.0 Å². The Morgan fingerprint density at radius 1 is 1.24 bits per heavy atom. The van der Waals surface area contributed by atoms with Gasteiger partial charge in [0, 0.05) is 12.6 Å². The molecule has 0 fully saturated rings. The Kier molecular flexibility index (Phi) is 4.69. The van der Waals surface area contributed by atoms with Crippen molar-refractivity contribution >= 4 is 40.3 Å². The lowest BCUT2D eigenvalue weighted by atomic mass is 9.88. The second-order valence-electron chi connectivity index (χ2n) is 7.57. The van der Waals surface area contributed by atoms with Crippen molar-refractivity contribution in [2.24, 2.45) is 0 Å². The van der Waals surface area contributed by atoms with Crippen molar-refractivity contribution in [3.05, 3.63) is 59.2 Å². The van der Waals surface area contributed by atoms with E-state index in [0.29, 0.717) is 0 Å². The number of nitrogens with one attached hydrogen (secondary N) is 1. The van der Waals surface area contributed by atoms with E-state index in [2.05, 4.69) is 35.4 Å². The average molecular weight is 489 g/mol. The Labute approximate surface area is 193 Å². The molecule has 5 rings (SSSR count). The van der Waals surface area contributed by atoms with Gasteiger partial charge in [0.1, 0.15) is 5.41 Å². The third-order valence-corrected chi connectivity index (χ3v) is 5.60. The van der Waals surface area contributed by atoms with Crippen LogP contribution in [0.4, 0.5) is 35.0 Å². The van der Waals surface area contributed by atoms with Gasteiger partial charge in [-0.3, -0.25) is 4.90 Å². The zero-order valence-electron chi connectivity index (χ0n) is 17.1. The van der Waals surface area contributed by atoms with Crippen molar-refractivity contribution in [1.82, 2.24) is 34.6 Å². The molecule has 2 amide bonds. The minimum atomic E-state index is -4.71. The van der Waals surface area contributed by atoms with Crippen LogP contribution in [0.25, 0.3) is 16.3 Å². The van der Waals surface area contributed by atoms with E-state index in [0.717, 1.165) is 21.1 Å². The summed E-state index contributed by atoms with van der Waals surface area (Å²) in [4.78, 5) is 26.7. The number of hydrogen-bond acceptors (Lipinski definition) is 6. The van der Waals surface area contributed by atoms with Gasteiger partial charge in [0.2, 0.25) is 5.69 Å². The van der Waals surface area contributed by atoms with E-state index in [1.54, 1.807) is 0 Å². The molecule has 0 aliphatic carbocycles. The molecule has 0 spiro atoms. The van der Waals surface area contributed by atoms with E-state index >= 15 is 0 Å². The molecule has 0 aromatic carbocycles. The Bertz CT molecular complexity index is 1480. The largest absolute Gasteiger partial charge is 0.401 e. The predicted octanol–water partition coefficient (Wildman–Crippen LogP) is 3.78. The number of fused-ring (bicyclic) bond motifs is 3. The van der Waals surface area contributed by atoms with Crippen LogP contribution in [-0.4, -0.2) is 53.3 Å². The number of pyridine rings is 1. The van der Waals surface area contributed by atoms with Crippen LogP contribution in [0.5, 0.6) is 0 Å². The molecule has 1 atom stereocenters. The highest BCUT2D eigenvalue weighted by atomic mass is 35.5. The first-order chi connectivity index (χ1) is 16.1. The lowest BCUT2D eigenvalue weighted by Gasteiger charge is -2.28. The Morgan fingerprint density at radius 2 is 1.97 bits per heavy atom. The minimum Gasteiger partial charge on any atom is -0.307 e. The van der Waals surface area contributed by atoms with Gasteiger partial charge in [-0.05, 0) is 13.0 Å². The van der Waals surface area contributed by atoms with Crippen LogP contribution < -0.4 is 10.2 Å². The van der Waals surface area contributed by atoms with Crippen LogP contribution in [0.2, 0.25) is 5.15 Å². The fourth-order valence-corrected chi connectivity index (χ4v) is 3.93. The lowest BCUT2D eigenvalue weighted by molar-refractivity contribution is -0.181. The van der Waals surface area contributed by atoms with Gasteiger partial charge < -0.3 is 5.32 Å². The summed E-state index contributed by atoms with van der Waals surface area (Å²) < 4.78 is 43.6. The normalized spacial score (nSPS) is 17.6. The zero-order chi connectivity index (χ0) is 24.3. The number of urea groups is 1. The zero-order valence-corrected chi connectivity index (χ0v) is 17.9. The van der Waals surface area contributed by atoms with Crippen molar-refractivity contribution in [3.63, 3.8) is 0 Å². The van der Waals surface area contributed by atoms with E-state index in [1.807, 2.05) is 0 Å². The molecule has 1 aliphatic heterocycles. The van der Waals surface area contributed by atoms with Gasteiger partial charge in [-0.25, -0.2) is 24.1 Å². The third kappa shape index (κ3) is 3.20. The lowest BCUT2D eigenvalue weighted by Crippen LogP contribution is -2.46. The summed E-state index contributed by atoms with van der Waals surface area (Å²) in [5.74, 6) is 0.135. The molecular weight excluding hydrogens is 477 g/mol. The van der Waals surface area contributed by atoms with Crippen molar-refractivity contribution in [2.45, 2.75) is 18.5 Å².